The fourth-order valence-electron chi connectivity index (χ4n) is 1.64. The number of rotatable bonds is 4. The minimum Gasteiger partial charge on any atom is -0.495 e. The summed E-state index contributed by atoms with van der Waals surface area (Å²) in [5.41, 5.74) is 0.277. The molecule has 1 heterocycles. The Kier molecular flexibility index (Phi) is 4.02. The van der Waals surface area contributed by atoms with E-state index in [4.69, 9.17) is 37.1 Å². The molecule has 0 aliphatic rings. The number of ether oxygens (including phenoxy) is 2. The van der Waals surface area contributed by atoms with Crippen LogP contribution in [0.5, 0.6) is 11.5 Å². The molecule has 100 valence electrons. The van der Waals surface area contributed by atoms with E-state index in [1.54, 1.807) is 12.1 Å². The number of benzene rings is 1. The van der Waals surface area contributed by atoms with Gasteiger partial charge in [0.1, 0.15) is 10.8 Å². The maximum Gasteiger partial charge on any atom is 0.232 e. The summed E-state index contributed by atoms with van der Waals surface area (Å²) >= 11 is 11.7. The fraction of sp³-hybridized carbons (Fsp3) is 0.154. The van der Waals surface area contributed by atoms with Gasteiger partial charge in [-0.3, -0.25) is 4.79 Å². The standard InChI is InChI=1S/C13H10Cl2O4/c1-17-8-4-3-7(13(18-2)11(8)15)12(16)9-5-6-10(14)19-9/h3-6H,1-2H3. The fourth-order valence-corrected chi connectivity index (χ4v) is 2.11. The molecule has 0 spiro atoms. The molecular formula is C13H10Cl2O4. The zero-order chi connectivity index (χ0) is 14.0. The average molecular weight is 301 g/mol. The van der Waals surface area contributed by atoms with E-state index in [0.29, 0.717) is 5.75 Å². The third-order valence-electron chi connectivity index (χ3n) is 2.53. The number of carbonyl (C=O) groups excluding carboxylic acids is 1. The summed E-state index contributed by atoms with van der Waals surface area (Å²) in [6.45, 7) is 0. The Hall–Kier alpha value is -1.65. The van der Waals surface area contributed by atoms with E-state index >= 15 is 0 Å². The second-order valence-electron chi connectivity index (χ2n) is 3.60. The molecular weight excluding hydrogens is 291 g/mol. The minimum atomic E-state index is -0.367. The van der Waals surface area contributed by atoms with Crippen molar-refractivity contribution in [3.63, 3.8) is 0 Å². The lowest BCUT2D eigenvalue weighted by Crippen LogP contribution is -2.04. The lowest BCUT2D eigenvalue weighted by atomic mass is 10.1. The van der Waals surface area contributed by atoms with Crippen LogP contribution >= 0.6 is 23.2 Å². The molecule has 1 aromatic heterocycles. The largest absolute Gasteiger partial charge is 0.495 e. The van der Waals surface area contributed by atoms with Gasteiger partial charge in [-0.15, -0.1) is 0 Å². The molecule has 19 heavy (non-hydrogen) atoms. The van der Waals surface area contributed by atoms with Crippen molar-refractivity contribution in [2.45, 2.75) is 0 Å². The normalized spacial score (nSPS) is 10.3. The smallest absolute Gasteiger partial charge is 0.232 e. The van der Waals surface area contributed by atoms with Gasteiger partial charge in [0.05, 0.1) is 19.8 Å². The van der Waals surface area contributed by atoms with Crippen molar-refractivity contribution in [2.75, 3.05) is 14.2 Å². The van der Waals surface area contributed by atoms with Crippen molar-refractivity contribution in [3.05, 3.63) is 45.8 Å². The Morgan fingerprint density at radius 2 is 1.84 bits per heavy atom. The molecule has 0 bridgehead atoms. The van der Waals surface area contributed by atoms with Gasteiger partial charge in [0.2, 0.25) is 5.78 Å². The molecule has 0 atom stereocenters. The van der Waals surface area contributed by atoms with Crippen molar-refractivity contribution in [1.82, 2.24) is 0 Å². The van der Waals surface area contributed by atoms with E-state index in [2.05, 4.69) is 0 Å². The van der Waals surface area contributed by atoms with Crippen LogP contribution in [-0.2, 0) is 0 Å². The van der Waals surface area contributed by atoms with Gasteiger partial charge in [0.15, 0.2) is 16.7 Å². The van der Waals surface area contributed by atoms with E-state index in [1.165, 1.54) is 26.4 Å². The van der Waals surface area contributed by atoms with Gasteiger partial charge in [-0.25, -0.2) is 0 Å². The molecule has 0 saturated heterocycles. The quantitative estimate of drug-likeness (QED) is 0.805. The highest BCUT2D eigenvalue weighted by Crippen LogP contribution is 2.37. The predicted octanol–water partition coefficient (Wildman–Crippen LogP) is 3.83. The highest BCUT2D eigenvalue weighted by atomic mass is 35.5. The van der Waals surface area contributed by atoms with Crippen molar-refractivity contribution in [3.8, 4) is 11.5 Å². The molecule has 0 saturated carbocycles. The van der Waals surface area contributed by atoms with Gasteiger partial charge in [-0.2, -0.15) is 0 Å². The summed E-state index contributed by atoms with van der Waals surface area (Å²) < 4.78 is 15.3. The van der Waals surface area contributed by atoms with E-state index in [0.717, 1.165) is 0 Å². The Morgan fingerprint density at radius 1 is 1.11 bits per heavy atom. The summed E-state index contributed by atoms with van der Waals surface area (Å²) in [7, 11) is 2.90. The number of methoxy groups -OCH3 is 2. The monoisotopic (exact) mass is 300 g/mol. The molecule has 0 unspecified atom stereocenters. The van der Waals surface area contributed by atoms with E-state index in [9.17, 15) is 4.79 Å². The topological polar surface area (TPSA) is 48.7 Å². The third kappa shape index (κ3) is 2.55. The number of hydrogen-bond donors (Lipinski definition) is 0. The van der Waals surface area contributed by atoms with Crippen LogP contribution in [0.25, 0.3) is 0 Å². The van der Waals surface area contributed by atoms with Crippen molar-refractivity contribution in [2.24, 2.45) is 0 Å². The summed E-state index contributed by atoms with van der Waals surface area (Å²) in [5, 5.41) is 0.371. The van der Waals surface area contributed by atoms with Gasteiger partial charge >= 0.3 is 0 Å². The van der Waals surface area contributed by atoms with Crippen molar-refractivity contribution >= 4 is 29.0 Å². The van der Waals surface area contributed by atoms with Crippen molar-refractivity contribution in [1.29, 1.82) is 0 Å². The van der Waals surface area contributed by atoms with E-state index < -0.39 is 0 Å². The summed E-state index contributed by atoms with van der Waals surface area (Å²) in [5.74, 6) is 0.406. The maximum absolute atomic E-state index is 12.3. The zero-order valence-electron chi connectivity index (χ0n) is 10.2. The van der Waals surface area contributed by atoms with Gasteiger partial charge in [-0.1, -0.05) is 11.6 Å². The number of ketones is 1. The van der Waals surface area contributed by atoms with Crippen LogP contribution < -0.4 is 9.47 Å². The minimum absolute atomic E-state index is 0.115. The Balaban J connectivity index is 2.50. The van der Waals surface area contributed by atoms with Crippen molar-refractivity contribution < 1.29 is 18.7 Å². The highest BCUT2D eigenvalue weighted by Gasteiger charge is 2.22. The number of hydrogen-bond acceptors (Lipinski definition) is 4. The molecule has 6 heteroatoms. The summed E-state index contributed by atoms with van der Waals surface area (Å²) in [6, 6.07) is 6.12. The SMILES string of the molecule is COc1ccc(C(=O)c2ccc(Cl)o2)c(OC)c1Cl. The molecule has 0 radical (unpaired) electrons. The molecule has 0 aliphatic carbocycles. The Labute approximate surface area is 119 Å². The lowest BCUT2D eigenvalue weighted by Gasteiger charge is -2.11. The molecule has 0 fully saturated rings. The Bertz CT molecular complexity index is 619. The summed E-state index contributed by atoms with van der Waals surface area (Å²) in [4.78, 5) is 12.3. The maximum atomic E-state index is 12.3. The van der Waals surface area contributed by atoms with Crippen LogP contribution in [0, 0.1) is 0 Å². The van der Waals surface area contributed by atoms with Crippen LogP contribution in [0.1, 0.15) is 16.1 Å². The molecule has 0 aliphatic heterocycles. The molecule has 2 aromatic rings. The Morgan fingerprint density at radius 3 is 2.37 bits per heavy atom. The molecule has 4 nitrogen and oxygen atoms in total. The van der Waals surface area contributed by atoms with Crippen LogP contribution in [-0.4, -0.2) is 20.0 Å². The third-order valence-corrected chi connectivity index (χ3v) is 3.09. The second kappa shape index (κ2) is 5.55. The van der Waals surface area contributed by atoms with Crippen LogP contribution in [0.3, 0.4) is 0 Å². The van der Waals surface area contributed by atoms with Crippen LogP contribution in [0.4, 0.5) is 0 Å². The molecule has 2 rings (SSSR count). The number of halogens is 2. The van der Waals surface area contributed by atoms with E-state index in [-0.39, 0.29) is 33.1 Å². The summed E-state index contributed by atoms with van der Waals surface area (Å²) in [6.07, 6.45) is 0. The first-order valence-electron chi connectivity index (χ1n) is 5.29. The first kappa shape index (κ1) is 13.8. The van der Waals surface area contributed by atoms with Gasteiger partial charge in [0.25, 0.3) is 0 Å². The first-order chi connectivity index (χ1) is 9.08. The van der Waals surface area contributed by atoms with Gasteiger partial charge in [-0.05, 0) is 35.9 Å². The molecule has 0 amide bonds. The second-order valence-corrected chi connectivity index (χ2v) is 4.35. The zero-order valence-corrected chi connectivity index (χ0v) is 11.7. The van der Waals surface area contributed by atoms with Crippen LogP contribution in [0.2, 0.25) is 10.2 Å². The first-order valence-corrected chi connectivity index (χ1v) is 6.04. The van der Waals surface area contributed by atoms with Gasteiger partial charge in [0, 0.05) is 0 Å². The lowest BCUT2D eigenvalue weighted by molar-refractivity contribution is 0.101. The predicted molar refractivity (Wildman–Crippen MR) is 71.7 cm³/mol. The molecule has 0 N–H and O–H groups in total. The number of carbonyl (C=O) groups is 1. The van der Waals surface area contributed by atoms with Crippen LogP contribution in [0.15, 0.2) is 28.7 Å². The number of furan rings is 1. The van der Waals surface area contributed by atoms with E-state index in [1.807, 2.05) is 0 Å². The van der Waals surface area contributed by atoms with Gasteiger partial charge < -0.3 is 13.9 Å². The average Bonchev–Trinajstić information content (AvgIpc) is 2.84. The highest BCUT2D eigenvalue weighted by molar-refractivity contribution is 6.34. The molecule has 1 aromatic carbocycles.